The number of piperidine rings is 1. The molecule has 0 bridgehead atoms. The summed E-state index contributed by atoms with van der Waals surface area (Å²) in [5, 5.41) is 3.55. The smallest absolute Gasteiger partial charge is 0.193 e. The van der Waals surface area contributed by atoms with Gasteiger partial charge in [0, 0.05) is 26.2 Å². The van der Waals surface area contributed by atoms with Crippen molar-refractivity contribution in [3.05, 3.63) is 0 Å². The highest BCUT2D eigenvalue weighted by Crippen LogP contribution is 2.29. The van der Waals surface area contributed by atoms with Crippen LogP contribution in [0.25, 0.3) is 0 Å². The molecule has 0 aromatic heterocycles. The molecule has 0 aromatic carbocycles. The average Bonchev–Trinajstić information content (AvgIpc) is 2.92. The third kappa shape index (κ3) is 2.64. The minimum atomic E-state index is 0.683. The molecule has 3 nitrogen and oxygen atoms in total. The van der Waals surface area contributed by atoms with E-state index in [0.717, 1.165) is 17.8 Å². The molecule has 1 N–H and O–H groups in total. The second-order valence-electron chi connectivity index (χ2n) is 5.18. The molecule has 1 heterocycles. The number of guanidine groups is 1. The second kappa shape index (κ2) is 4.42. The first-order valence-electron chi connectivity index (χ1n) is 6.19. The van der Waals surface area contributed by atoms with E-state index in [1.165, 1.54) is 32.4 Å². The predicted molar refractivity (Wildman–Crippen MR) is 64.0 cm³/mol. The Morgan fingerprint density at radius 1 is 1.27 bits per heavy atom. The highest BCUT2D eigenvalue weighted by atomic mass is 15.3. The van der Waals surface area contributed by atoms with Crippen LogP contribution in [0, 0.1) is 11.8 Å². The minimum Gasteiger partial charge on any atom is -0.353 e. The molecule has 3 heteroatoms. The topological polar surface area (TPSA) is 27.6 Å². The fourth-order valence-corrected chi connectivity index (χ4v) is 2.21. The van der Waals surface area contributed by atoms with Gasteiger partial charge in [0.2, 0.25) is 0 Å². The summed E-state index contributed by atoms with van der Waals surface area (Å²) < 4.78 is 0. The van der Waals surface area contributed by atoms with Crippen LogP contribution in [0.5, 0.6) is 0 Å². The van der Waals surface area contributed by atoms with Crippen molar-refractivity contribution >= 4 is 5.96 Å². The molecule has 1 aliphatic carbocycles. The van der Waals surface area contributed by atoms with Crippen molar-refractivity contribution in [2.45, 2.75) is 39.2 Å². The van der Waals surface area contributed by atoms with Crippen molar-refractivity contribution in [2.24, 2.45) is 16.8 Å². The molecular weight excluding hydrogens is 186 g/mol. The van der Waals surface area contributed by atoms with Crippen LogP contribution in [0.4, 0.5) is 0 Å². The molecule has 0 spiro atoms. The molecule has 1 saturated carbocycles. The van der Waals surface area contributed by atoms with Gasteiger partial charge in [-0.05, 0) is 31.1 Å². The molecule has 2 fully saturated rings. The van der Waals surface area contributed by atoms with Gasteiger partial charge < -0.3 is 10.2 Å². The monoisotopic (exact) mass is 209 g/mol. The van der Waals surface area contributed by atoms with E-state index in [-0.39, 0.29) is 0 Å². The Balaban J connectivity index is 1.84. The summed E-state index contributed by atoms with van der Waals surface area (Å²) in [5.74, 6) is 2.85. The highest BCUT2D eigenvalue weighted by molar-refractivity contribution is 5.80. The lowest BCUT2D eigenvalue weighted by Crippen LogP contribution is -2.46. The maximum absolute atomic E-state index is 4.38. The van der Waals surface area contributed by atoms with Crippen LogP contribution in [0.15, 0.2) is 4.99 Å². The number of nitrogens with zero attached hydrogens (tertiary/aromatic N) is 2. The molecule has 0 aromatic rings. The summed E-state index contributed by atoms with van der Waals surface area (Å²) in [6.07, 6.45) is 3.92. The molecule has 2 aliphatic rings. The fraction of sp³-hybridized carbons (Fsp3) is 0.917. The van der Waals surface area contributed by atoms with Crippen molar-refractivity contribution in [3.8, 4) is 0 Å². The zero-order valence-electron chi connectivity index (χ0n) is 10.2. The van der Waals surface area contributed by atoms with E-state index in [1.807, 2.05) is 7.05 Å². The van der Waals surface area contributed by atoms with Crippen molar-refractivity contribution in [3.63, 3.8) is 0 Å². The highest BCUT2D eigenvalue weighted by Gasteiger charge is 2.34. The van der Waals surface area contributed by atoms with Gasteiger partial charge in [-0.2, -0.15) is 0 Å². The number of likely N-dealkylation sites (tertiary alicyclic amines) is 1. The van der Waals surface area contributed by atoms with Gasteiger partial charge in [0.05, 0.1) is 0 Å². The van der Waals surface area contributed by atoms with E-state index >= 15 is 0 Å². The molecule has 0 amide bonds. The molecule has 0 unspecified atom stereocenters. The number of nitrogens with one attached hydrogen (secondary N) is 1. The van der Waals surface area contributed by atoms with E-state index in [9.17, 15) is 0 Å². The third-order valence-electron chi connectivity index (χ3n) is 3.72. The lowest BCUT2D eigenvalue weighted by molar-refractivity contribution is 0.273. The quantitative estimate of drug-likeness (QED) is 0.526. The van der Waals surface area contributed by atoms with E-state index in [0.29, 0.717) is 6.04 Å². The van der Waals surface area contributed by atoms with Crippen LogP contribution < -0.4 is 5.32 Å². The molecule has 2 atom stereocenters. The van der Waals surface area contributed by atoms with Gasteiger partial charge in [-0.3, -0.25) is 4.99 Å². The Kier molecular flexibility index (Phi) is 3.17. The predicted octanol–water partition coefficient (Wildman–Crippen LogP) is 1.70. The first-order chi connectivity index (χ1) is 7.20. The molecule has 0 radical (unpaired) electrons. The van der Waals surface area contributed by atoms with Gasteiger partial charge in [-0.15, -0.1) is 0 Å². The van der Waals surface area contributed by atoms with Gasteiger partial charge >= 0.3 is 0 Å². The van der Waals surface area contributed by atoms with Crippen molar-refractivity contribution < 1.29 is 0 Å². The molecule has 1 aliphatic heterocycles. The van der Waals surface area contributed by atoms with Crippen LogP contribution in [-0.2, 0) is 0 Å². The first-order valence-corrected chi connectivity index (χ1v) is 6.19. The van der Waals surface area contributed by atoms with Crippen LogP contribution in [0.2, 0.25) is 0 Å². The average molecular weight is 209 g/mol. The second-order valence-corrected chi connectivity index (χ2v) is 5.18. The Morgan fingerprint density at radius 3 is 2.33 bits per heavy atom. The minimum absolute atomic E-state index is 0.683. The summed E-state index contributed by atoms with van der Waals surface area (Å²) in [7, 11) is 1.90. The zero-order valence-corrected chi connectivity index (χ0v) is 10.2. The Bertz CT molecular complexity index is 241. The van der Waals surface area contributed by atoms with E-state index < -0.39 is 0 Å². The lowest BCUT2D eigenvalue weighted by atomic mass is 10.00. The molecule has 1 saturated heterocycles. The van der Waals surface area contributed by atoms with Crippen molar-refractivity contribution in [1.29, 1.82) is 0 Å². The summed E-state index contributed by atoms with van der Waals surface area (Å²) >= 11 is 0. The van der Waals surface area contributed by atoms with Gasteiger partial charge in [0.15, 0.2) is 5.96 Å². The fourth-order valence-electron chi connectivity index (χ4n) is 2.21. The summed E-state index contributed by atoms with van der Waals surface area (Å²) in [4.78, 5) is 6.79. The van der Waals surface area contributed by atoms with Crippen LogP contribution in [0.1, 0.15) is 33.1 Å². The summed E-state index contributed by atoms with van der Waals surface area (Å²) in [5.41, 5.74) is 0. The van der Waals surface area contributed by atoms with E-state index in [4.69, 9.17) is 0 Å². The number of hydrogen-bond donors (Lipinski definition) is 1. The Hall–Kier alpha value is -0.730. The normalized spacial score (nSPS) is 33.0. The zero-order chi connectivity index (χ0) is 10.8. The molecular formula is C12H23N3. The maximum Gasteiger partial charge on any atom is 0.193 e. The SMILES string of the molecule is CN=C(N[C@H]1C[C@H]1C)N1CCC(C)CC1. The van der Waals surface area contributed by atoms with Crippen LogP contribution in [0.3, 0.4) is 0 Å². The molecule has 2 rings (SSSR count). The Labute approximate surface area is 92.9 Å². The van der Waals surface area contributed by atoms with Gasteiger partial charge in [0.1, 0.15) is 0 Å². The largest absolute Gasteiger partial charge is 0.353 e. The van der Waals surface area contributed by atoms with Crippen molar-refractivity contribution in [1.82, 2.24) is 10.2 Å². The third-order valence-corrected chi connectivity index (χ3v) is 3.72. The number of aliphatic imine (C=N–C) groups is 1. The molecule has 15 heavy (non-hydrogen) atoms. The van der Waals surface area contributed by atoms with Crippen LogP contribution in [-0.4, -0.2) is 37.0 Å². The van der Waals surface area contributed by atoms with Crippen molar-refractivity contribution in [2.75, 3.05) is 20.1 Å². The van der Waals surface area contributed by atoms with Gasteiger partial charge in [0.25, 0.3) is 0 Å². The van der Waals surface area contributed by atoms with Crippen LogP contribution >= 0.6 is 0 Å². The number of hydrogen-bond acceptors (Lipinski definition) is 1. The van der Waals surface area contributed by atoms with E-state index in [1.54, 1.807) is 0 Å². The standard InChI is InChI=1S/C12H23N3/c1-9-4-6-15(7-5-9)12(13-3)14-11-8-10(11)2/h9-11H,4-8H2,1-3H3,(H,13,14)/t10-,11+/m1/s1. The van der Waals surface area contributed by atoms with E-state index in [2.05, 4.69) is 29.1 Å². The van der Waals surface area contributed by atoms with Gasteiger partial charge in [-0.1, -0.05) is 13.8 Å². The Morgan fingerprint density at radius 2 is 1.87 bits per heavy atom. The number of rotatable bonds is 1. The lowest BCUT2D eigenvalue weighted by Gasteiger charge is -2.33. The summed E-state index contributed by atoms with van der Waals surface area (Å²) in [6, 6.07) is 0.683. The molecule has 86 valence electrons. The van der Waals surface area contributed by atoms with Gasteiger partial charge in [-0.25, -0.2) is 0 Å². The first kappa shape index (κ1) is 10.8. The maximum atomic E-state index is 4.38. The summed E-state index contributed by atoms with van der Waals surface area (Å²) in [6.45, 7) is 6.98.